The highest BCUT2D eigenvalue weighted by molar-refractivity contribution is 5.89. The molecule has 6 heteroatoms. The van der Waals surface area contributed by atoms with Gasteiger partial charge in [0.2, 0.25) is 0 Å². The minimum atomic E-state index is -0.636. The molecule has 2 aromatic carbocycles. The zero-order valence-corrected chi connectivity index (χ0v) is 14.6. The summed E-state index contributed by atoms with van der Waals surface area (Å²) in [4.78, 5) is 25.2. The third-order valence-corrected chi connectivity index (χ3v) is 3.61. The molecule has 5 nitrogen and oxygen atoms in total. The van der Waals surface area contributed by atoms with Crippen LogP contribution in [0.3, 0.4) is 0 Å². The molecule has 2 rings (SSSR count). The van der Waals surface area contributed by atoms with Gasteiger partial charge in [-0.25, -0.2) is 9.18 Å². The smallest absolute Gasteiger partial charge is 0.331 e. The van der Waals surface area contributed by atoms with Gasteiger partial charge in [-0.3, -0.25) is 4.79 Å². The lowest BCUT2D eigenvalue weighted by atomic mass is 10.2. The van der Waals surface area contributed by atoms with Gasteiger partial charge in [-0.05, 0) is 29.8 Å². The topological polar surface area (TPSA) is 55.8 Å². The Kier molecular flexibility index (Phi) is 6.91. The Hall–Kier alpha value is -3.15. The Labute approximate surface area is 151 Å². The summed E-state index contributed by atoms with van der Waals surface area (Å²) in [6.45, 7) is -0.161. The van der Waals surface area contributed by atoms with Crippen molar-refractivity contribution in [2.75, 3.05) is 20.8 Å². The lowest BCUT2D eigenvalue weighted by Gasteiger charge is -2.17. The molecule has 0 unspecified atom stereocenters. The number of ether oxygens (including phenoxy) is 2. The van der Waals surface area contributed by atoms with Gasteiger partial charge in [-0.2, -0.15) is 0 Å². The maximum Gasteiger partial charge on any atom is 0.331 e. The van der Waals surface area contributed by atoms with Crippen LogP contribution in [-0.4, -0.2) is 37.5 Å². The van der Waals surface area contributed by atoms with Crippen LogP contribution >= 0.6 is 0 Å². The van der Waals surface area contributed by atoms with Gasteiger partial charge >= 0.3 is 5.97 Å². The van der Waals surface area contributed by atoms with Crippen molar-refractivity contribution in [1.29, 1.82) is 0 Å². The molecule has 2 aromatic rings. The van der Waals surface area contributed by atoms with E-state index in [-0.39, 0.29) is 24.9 Å². The van der Waals surface area contributed by atoms with E-state index in [1.807, 2.05) is 12.1 Å². The summed E-state index contributed by atoms with van der Waals surface area (Å²) >= 11 is 0. The van der Waals surface area contributed by atoms with Crippen molar-refractivity contribution in [2.45, 2.75) is 6.54 Å². The second kappa shape index (κ2) is 9.36. The highest BCUT2D eigenvalue weighted by Gasteiger charge is 2.12. The highest BCUT2D eigenvalue weighted by Crippen LogP contribution is 2.18. The summed E-state index contributed by atoms with van der Waals surface area (Å²) in [6, 6.07) is 13.2. The van der Waals surface area contributed by atoms with E-state index in [9.17, 15) is 14.0 Å². The summed E-state index contributed by atoms with van der Waals surface area (Å²) in [5.41, 5.74) is 1.38. The molecule has 1 amide bonds. The largest absolute Gasteiger partial charge is 0.496 e. The first kappa shape index (κ1) is 19.2. The molecule has 136 valence electrons. The maximum absolute atomic E-state index is 13.2. The first-order valence-corrected chi connectivity index (χ1v) is 7.96. The molecule has 0 saturated heterocycles. The second-order valence-corrected chi connectivity index (χ2v) is 5.56. The van der Waals surface area contributed by atoms with E-state index < -0.39 is 5.97 Å². The molecule has 26 heavy (non-hydrogen) atoms. The SMILES string of the molecule is COc1ccccc1/C=C/C(=O)OCC(=O)N(C)Cc1cccc(F)c1. The van der Waals surface area contributed by atoms with E-state index in [0.29, 0.717) is 11.3 Å². The van der Waals surface area contributed by atoms with Crippen LogP contribution < -0.4 is 4.74 Å². The number of likely N-dealkylation sites (N-methyl/N-ethyl adjacent to an activating group) is 1. The number of esters is 1. The van der Waals surface area contributed by atoms with E-state index in [0.717, 1.165) is 5.56 Å². The number of amides is 1. The van der Waals surface area contributed by atoms with Crippen molar-refractivity contribution in [3.8, 4) is 5.75 Å². The number of para-hydroxylation sites is 1. The molecule has 0 fully saturated rings. The van der Waals surface area contributed by atoms with Gasteiger partial charge in [-0.1, -0.05) is 30.3 Å². The van der Waals surface area contributed by atoms with E-state index in [2.05, 4.69) is 0 Å². The molecule has 0 aromatic heterocycles. The van der Waals surface area contributed by atoms with Crippen molar-refractivity contribution in [3.63, 3.8) is 0 Å². The average Bonchev–Trinajstić information content (AvgIpc) is 2.64. The fourth-order valence-electron chi connectivity index (χ4n) is 2.25. The van der Waals surface area contributed by atoms with Crippen LogP contribution in [0.25, 0.3) is 6.08 Å². The minimum absolute atomic E-state index is 0.227. The Morgan fingerprint density at radius 1 is 1.15 bits per heavy atom. The van der Waals surface area contributed by atoms with Crippen LogP contribution in [0.1, 0.15) is 11.1 Å². The molecule has 0 heterocycles. The average molecular weight is 357 g/mol. The lowest BCUT2D eigenvalue weighted by Crippen LogP contribution is -2.30. The predicted molar refractivity (Wildman–Crippen MR) is 95.9 cm³/mol. The zero-order valence-electron chi connectivity index (χ0n) is 14.6. The molecule has 0 aliphatic rings. The molecule has 0 aliphatic heterocycles. The summed E-state index contributed by atoms with van der Waals surface area (Å²) in [7, 11) is 3.10. The number of hydrogen-bond acceptors (Lipinski definition) is 4. The number of benzene rings is 2. The molecule has 0 atom stereocenters. The summed E-state index contributed by atoms with van der Waals surface area (Å²) < 4.78 is 23.3. The van der Waals surface area contributed by atoms with Crippen LogP contribution in [0.2, 0.25) is 0 Å². The zero-order chi connectivity index (χ0) is 18.9. The van der Waals surface area contributed by atoms with Crippen molar-refractivity contribution in [2.24, 2.45) is 0 Å². The molecule has 0 spiro atoms. The lowest BCUT2D eigenvalue weighted by molar-refractivity contribution is -0.147. The van der Waals surface area contributed by atoms with Crippen LogP contribution in [0, 0.1) is 5.82 Å². The standard InChI is InChI=1S/C20H20FNO4/c1-22(13-15-6-5-8-17(21)12-15)19(23)14-26-20(24)11-10-16-7-3-4-9-18(16)25-2/h3-12H,13-14H2,1-2H3/b11-10+. The van der Waals surface area contributed by atoms with E-state index >= 15 is 0 Å². The van der Waals surface area contributed by atoms with Crippen LogP contribution in [0.4, 0.5) is 4.39 Å². The maximum atomic E-state index is 13.2. The monoisotopic (exact) mass is 357 g/mol. The van der Waals surface area contributed by atoms with Crippen LogP contribution in [0.5, 0.6) is 5.75 Å². The van der Waals surface area contributed by atoms with E-state index in [1.165, 1.54) is 30.2 Å². The number of halogens is 1. The normalized spacial score (nSPS) is 10.6. The van der Waals surface area contributed by atoms with Gasteiger partial charge in [-0.15, -0.1) is 0 Å². The first-order valence-electron chi connectivity index (χ1n) is 7.96. The molecule has 0 N–H and O–H groups in total. The highest BCUT2D eigenvalue weighted by atomic mass is 19.1. The summed E-state index contributed by atoms with van der Waals surface area (Å²) in [6.07, 6.45) is 2.79. The van der Waals surface area contributed by atoms with Gasteiger partial charge in [0, 0.05) is 25.2 Å². The van der Waals surface area contributed by atoms with Crippen molar-refractivity contribution >= 4 is 18.0 Å². The number of methoxy groups -OCH3 is 1. The third-order valence-electron chi connectivity index (χ3n) is 3.61. The Bertz CT molecular complexity index is 804. The number of carbonyl (C=O) groups excluding carboxylic acids is 2. The van der Waals surface area contributed by atoms with Crippen molar-refractivity contribution in [3.05, 3.63) is 71.6 Å². The fraction of sp³-hybridized carbons (Fsp3) is 0.200. The number of carbonyl (C=O) groups is 2. The van der Waals surface area contributed by atoms with Crippen molar-refractivity contribution < 1.29 is 23.5 Å². The molecule has 0 aliphatic carbocycles. The number of nitrogens with zero attached hydrogens (tertiary/aromatic N) is 1. The molecule has 0 radical (unpaired) electrons. The Morgan fingerprint density at radius 2 is 1.92 bits per heavy atom. The van der Waals surface area contributed by atoms with E-state index in [4.69, 9.17) is 9.47 Å². The summed E-state index contributed by atoms with van der Waals surface area (Å²) in [5.74, 6) is -0.754. The van der Waals surface area contributed by atoms with Crippen molar-refractivity contribution in [1.82, 2.24) is 4.90 Å². The Balaban J connectivity index is 1.84. The summed E-state index contributed by atoms with van der Waals surface area (Å²) in [5, 5.41) is 0. The minimum Gasteiger partial charge on any atom is -0.496 e. The predicted octanol–water partition coefficient (Wildman–Crippen LogP) is 3.05. The molecular weight excluding hydrogens is 337 g/mol. The number of hydrogen-bond donors (Lipinski definition) is 0. The van der Waals surface area contributed by atoms with Gasteiger partial charge in [0.1, 0.15) is 11.6 Å². The number of rotatable bonds is 7. The quantitative estimate of drug-likeness (QED) is 0.565. The van der Waals surface area contributed by atoms with Gasteiger partial charge in [0.05, 0.1) is 7.11 Å². The molecular formula is C20H20FNO4. The van der Waals surface area contributed by atoms with Crippen LogP contribution in [0.15, 0.2) is 54.6 Å². The molecule has 0 saturated carbocycles. The second-order valence-electron chi connectivity index (χ2n) is 5.56. The third kappa shape index (κ3) is 5.73. The van der Waals surface area contributed by atoms with Gasteiger partial charge in [0.15, 0.2) is 6.61 Å². The van der Waals surface area contributed by atoms with E-state index in [1.54, 1.807) is 37.4 Å². The van der Waals surface area contributed by atoms with Crippen LogP contribution in [-0.2, 0) is 20.9 Å². The van der Waals surface area contributed by atoms with Gasteiger partial charge in [0.25, 0.3) is 5.91 Å². The fourth-order valence-corrected chi connectivity index (χ4v) is 2.25. The molecule has 0 bridgehead atoms. The first-order chi connectivity index (χ1) is 12.5. The van der Waals surface area contributed by atoms with Gasteiger partial charge < -0.3 is 14.4 Å². The Morgan fingerprint density at radius 3 is 2.65 bits per heavy atom.